The lowest BCUT2D eigenvalue weighted by Gasteiger charge is -2.27. The van der Waals surface area contributed by atoms with Gasteiger partial charge >= 0.3 is 0 Å². The minimum atomic E-state index is -0.251. The summed E-state index contributed by atoms with van der Waals surface area (Å²) in [5, 5.41) is 9.46. The van der Waals surface area contributed by atoms with Crippen LogP contribution in [0.25, 0.3) is 0 Å². The smallest absolute Gasteiger partial charge is 0.247 e. The molecule has 3 N–H and O–H groups in total. The van der Waals surface area contributed by atoms with Crippen molar-refractivity contribution in [1.82, 2.24) is 9.97 Å². The van der Waals surface area contributed by atoms with E-state index in [0.29, 0.717) is 29.8 Å². The van der Waals surface area contributed by atoms with Crippen LogP contribution in [0.15, 0.2) is 73.4 Å². The fourth-order valence-electron chi connectivity index (χ4n) is 4.35. The Bertz CT molecular complexity index is 1240. The van der Waals surface area contributed by atoms with Crippen LogP contribution in [0.3, 0.4) is 0 Å². The topological polar surface area (TPSA) is 99.3 Å². The summed E-state index contributed by atoms with van der Waals surface area (Å²) in [4.78, 5) is 34.9. The number of hydrogen-bond donors (Lipinski definition) is 3. The fourth-order valence-corrected chi connectivity index (χ4v) is 4.35. The van der Waals surface area contributed by atoms with E-state index < -0.39 is 0 Å². The van der Waals surface area contributed by atoms with E-state index in [9.17, 15) is 9.59 Å². The highest BCUT2D eigenvalue weighted by molar-refractivity contribution is 5.99. The van der Waals surface area contributed by atoms with Crippen LogP contribution in [-0.2, 0) is 9.59 Å². The molecule has 0 spiro atoms. The second-order valence-corrected chi connectivity index (χ2v) is 9.24. The lowest BCUT2D eigenvalue weighted by Crippen LogP contribution is -2.37. The van der Waals surface area contributed by atoms with Crippen LogP contribution in [-0.4, -0.2) is 27.8 Å². The Balaban J connectivity index is 1.41. The number of anilines is 5. The SMILES string of the molecule is C=CC(=O)Nc1cccc(Nc2ccc([C@H](C)Nc3nccc(N4C(=O)CC[C@@H]4C(C)C)n3)cc2)c1. The molecule has 36 heavy (non-hydrogen) atoms. The standard InChI is InChI=1S/C28H32N6O2/c1-5-26(35)32-23-8-6-7-22(17-23)31-21-11-9-20(10-12-21)19(4)30-28-29-16-15-25(33-28)34-24(18(2)3)13-14-27(34)36/h5-12,15-19,24,31H,1,13-14H2,2-4H3,(H,32,35)(H,29,30,33)/t19-,24+/m0/s1. The third-order valence-corrected chi connectivity index (χ3v) is 6.27. The predicted molar refractivity (Wildman–Crippen MR) is 144 cm³/mol. The van der Waals surface area contributed by atoms with E-state index in [1.807, 2.05) is 60.4 Å². The molecule has 8 nitrogen and oxygen atoms in total. The van der Waals surface area contributed by atoms with Crippen molar-refractivity contribution in [3.63, 3.8) is 0 Å². The molecule has 186 valence electrons. The Morgan fingerprint density at radius 1 is 1.08 bits per heavy atom. The Kier molecular flexibility index (Phi) is 7.63. The number of carbonyl (C=O) groups is 2. The highest BCUT2D eigenvalue weighted by Gasteiger charge is 2.35. The average Bonchev–Trinajstić information content (AvgIpc) is 3.26. The van der Waals surface area contributed by atoms with E-state index in [1.165, 1.54) is 6.08 Å². The normalized spacial score (nSPS) is 16.1. The molecular weight excluding hydrogens is 452 g/mol. The number of nitrogens with one attached hydrogen (secondary N) is 3. The highest BCUT2D eigenvalue weighted by Crippen LogP contribution is 2.30. The lowest BCUT2D eigenvalue weighted by atomic mass is 10.0. The van der Waals surface area contributed by atoms with Gasteiger partial charge in [0.25, 0.3) is 0 Å². The molecule has 0 radical (unpaired) electrons. The maximum Gasteiger partial charge on any atom is 0.247 e. The quantitative estimate of drug-likeness (QED) is 0.339. The largest absolute Gasteiger partial charge is 0.355 e. The van der Waals surface area contributed by atoms with Crippen LogP contribution >= 0.6 is 0 Å². The van der Waals surface area contributed by atoms with Gasteiger partial charge in [0.2, 0.25) is 17.8 Å². The van der Waals surface area contributed by atoms with Crippen molar-refractivity contribution in [2.45, 2.75) is 45.7 Å². The minimum Gasteiger partial charge on any atom is -0.355 e. The molecule has 0 unspecified atom stereocenters. The molecule has 4 rings (SSSR count). The van der Waals surface area contributed by atoms with Gasteiger partial charge in [-0.25, -0.2) is 4.98 Å². The zero-order chi connectivity index (χ0) is 25.7. The van der Waals surface area contributed by atoms with E-state index in [1.54, 1.807) is 12.3 Å². The van der Waals surface area contributed by atoms with Crippen molar-refractivity contribution in [3.05, 3.63) is 79.0 Å². The van der Waals surface area contributed by atoms with Gasteiger partial charge in [-0.15, -0.1) is 0 Å². The van der Waals surface area contributed by atoms with E-state index in [-0.39, 0.29) is 23.9 Å². The number of nitrogens with zero attached hydrogens (tertiary/aromatic N) is 3. The molecular formula is C28H32N6O2. The second-order valence-electron chi connectivity index (χ2n) is 9.24. The van der Waals surface area contributed by atoms with Crippen LogP contribution in [0.4, 0.5) is 28.8 Å². The number of benzene rings is 2. The molecule has 8 heteroatoms. The molecule has 0 bridgehead atoms. The molecule has 2 heterocycles. The van der Waals surface area contributed by atoms with Crippen molar-refractivity contribution in [3.8, 4) is 0 Å². The zero-order valence-electron chi connectivity index (χ0n) is 20.9. The molecule has 0 saturated carbocycles. The molecule has 1 saturated heterocycles. The third kappa shape index (κ3) is 5.89. The summed E-state index contributed by atoms with van der Waals surface area (Å²) in [5.74, 6) is 1.36. The number of rotatable bonds is 9. The third-order valence-electron chi connectivity index (χ3n) is 6.27. The van der Waals surface area contributed by atoms with Gasteiger partial charge in [0.05, 0.1) is 6.04 Å². The number of hydrogen-bond acceptors (Lipinski definition) is 6. The van der Waals surface area contributed by atoms with E-state index in [2.05, 4.69) is 46.3 Å². The van der Waals surface area contributed by atoms with Gasteiger partial charge in [0.15, 0.2) is 0 Å². The Morgan fingerprint density at radius 3 is 2.56 bits per heavy atom. The second kappa shape index (κ2) is 11.0. The van der Waals surface area contributed by atoms with Crippen molar-refractivity contribution in [1.29, 1.82) is 0 Å². The molecule has 3 aromatic rings. The molecule has 0 aliphatic carbocycles. The van der Waals surface area contributed by atoms with Gasteiger partial charge in [-0.3, -0.25) is 14.5 Å². The first kappa shape index (κ1) is 24.9. The van der Waals surface area contributed by atoms with E-state index in [4.69, 9.17) is 0 Å². The monoisotopic (exact) mass is 484 g/mol. The maximum atomic E-state index is 12.5. The average molecular weight is 485 g/mol. The first-order chi connectivity index (χ1) is 17.3. The summed E-state index contributed by atoms with van der Waals surface area (Å²) < 4.78 is 0. The van der Waals surface area contributed by atoms with Crippen molar-refractivity contribution >= 4 is 40.6 Å². The molecule has 2 aromatic carbocycles. The number of carbonyl (C=O) groups excluding carboxylic acids is 2. The van der Waals surface area contributed by atoms with Gasteiger partial charge < -0.3 is 16.0 Å². The Morgan fingerprint density at radius 2 is 1.83 bits per heavy atom. The van der Waals surface area contributed by atoms with Crippen LogP contribution in [0.2, 0.25) is 0 Å². The molecule has 1 aliphatic rings. The molecule has 1 aliphatic heterocycles. The van der Waals surface area contributed by atoms with Crippen LogP contribution < -0.4 is 20.9 Å². The van der Waals surface area contributed by atoms with E-state index in [0.717, 1.165) is 23.4 Å². The molecule has 1 fully saturated rings. The summed E-state index contributed by atoms with van der Waals surface area (Å²) >= 11 is 0. The summed E-state index contributed by atoms with van der Waals surface area (Å²) in [6.45, 7) is 9.78. The van der Waals surface area contributed by atoms with Gasteiger partial charge in [-0.05, 0) is 67.3 Å². The summed E-state index contributed by atoms with van der Waals surface area (Å²) in [6, 6.07) is 17.5. The molecule has 2 amide bonds. The van der Waals surface area contributed by atoms with Crippen LogP contribution in [0, 0.1) is 5.92 Å². The predicted octanol–water partition coefficient (Wildman–Crippen LogP) is 5.67. The summed E-state index contributed by atoms with van der Waals surface area (Å²) in [5.41, 5.74) is 3.54. The Labute approximate surface area is 211 Å². The summed E-state index contributed by atoms with van der Waals surface area (Å²) in [7, 11) is 0. The van der Waals surface area contributed by atoms with Gasteiger partial charge in [-0.2, -0.15) is 4.98 Å². The maximum absolute atomic E-state index is 12.5. The minimum absolute atomic E-state index is 0.0399. The number of amides is 2. The first-order valence-corrected chi connectivity index (χ1v) is 12.2. The highest BCUT2D eigenvalue weighted by atomic mass is 16.2. The van der Waals surface area contributed by atoms with Crippen LogP contribution in [0.1, 0.15) is 45.2 Å². The number of aromatic nitrogens is 2. The zero-order valence-corrected chi connectivity index (χ0v) is 20.9. The molecule has 2 atom stereocenters. The van der Waals surface area contributed by atoms with Crippen LogP contribution in [0.5, 0.6) is 0 Å². The van der Waals surface area contributed by atoms with Gasteiger partial charge in [0.1, 0.15) is 5.82 Å². The van der Waals surface area contributed by atoms with Crippen molar-refractivity contribution in [2.24, 2.45) is 5.92 Å². The lowest BCUT2D eigenvalue weighted by molar-refractivity contribution is -0.117. The van der Waals surface area contributed by atoms with E-state index >= 15 is 0 Å². The first-order valence-electron chi connectivity index (χ1n) is 12.2. The van der Waals surface area contributed by atoms with Crippen molar-refractivity contribution in [2.75, 3.05) is 20.9 Å². The van der Waals surface area contributed by atoms with Crippen molar-refractivity contribution < 1.29 is 9.59 Å². The summed E-state index contributed by atoms with van der Waals surface area (Å²) in [6.07, 6.45) is 4.34. The van der Waals surface area contributed by atoms with Gasteiger partial charge in [0, 0.05) is 35.7 Å². The molecule has 1 aromatic heterocycles. The fraction of sp³-hybridized carbons (Fsp3) is 0.286. The Hall–Kier alpha value is -4.20. The van der Waals surface area contributed by atoms with Gasteiger partial charge in [-0.1, -0.05) is 38.6 Å².